The highest BCUT2D eigenvalue weighted by Gasteiger charge is 2.13. The second-order valence-corrected chi connectivity index (χ2v) is 4.18. The molecule has 2 nitrogen and oxygen atoms in total. The van der Waals surface area contributed by atoms with Crippen LogP contribution in [-0.2, 0) is 5.41 Å². The second kappa shape index (κ2) is 3.21. The Kier molecular flexibility index (Phi) is 2.41. The van der Waals surface area contributed by atoms with Gasteiger partial charge in [0, 0.05) is 12.1 Å². The fourth-order valence-electron chi connectivity index (χ4n) is 1.13. The van der Waals surface area contributed by atoms with Gasteiger partial charge in [0.05, 0.1) is 0 Å². The van der Waals surface area contributed by atoms with E-state index in [1.165, 1.54) is 5.56 Å². The van der Waals surface area contributed by atoms with E-state index < -0.39 is 0 Å². The van der Waals surface area contributed by atoms with Crippen LogP contribution in [0.25, 0.3) is 0 Å². The van der Waals surface area contributed by atoms with Crippen LogP contribution in [-0.4, -0.2) is 11.5 Å². The first kappa shape index (κ1) is 9.78. The number of benzene rings is 1. The first-order chi connectivity index (χ1) is 5.91. The molecule has 0 spiro atoms. The topological polar surface area (TPSA) is 26.1 Å². The van der Waals surface area contributed by atoms with Gasteiger partial charge in [-0.25, -0.2) is 0 Å². The van der Waals surface area contributed by atoms with Gasteiger partial charge in [-0.3, -0.25) is 0 Å². The van der Waals surface area contributed by atoms with Crippen LogP contribution in [0.15, 0.2) is 24.3 Å². The first-order valence-electron chi connectivity index (χ1n) is 4.29. The summed E-state index contributed by atoms with van der Waals surface area (Å²) in [5.74, 6) is 0. The molecule has 0 aliphatic carbocycles. The van der Waals surface area contributed by atoms with E-state index in [1.807, 2.05) is 12.1 Å². The van der Waals surface area contributed by atoms with Crippen LogP contribution in [0.4, 0.5) is 5.69 Å². The van der Waals surface area contributed by atoms with Gasteiger partial charge in [-0.15, -0.1) is 0 Å². The first-order valence-corrected chi connectivity index (χ1v) is 4.29. The van der Waals surface area contributed by atoms with Crippen LogP contribution in [0.1, 0.15) is 26.3 Å². The fourth-order valence-corrected chi connectivity index (χ4v) is 1.13. The van der Waals surface area contributed by atoms with Crippen LogP contribution in [0.2, 0.25) is 0 Å². The molecule has 0 amide bonds. The molecule has 0 aliphatic heterocycles. The van der Waals surface area contributed by atoms with Gasteiger partial charge < -0.3 is 5.21 Å². The van der Waals surface area contributed by atoms with Gasteiger partial charge in [0.25, 0.3) is 0 Å². The zero-order chi connectivity index (χ0) is 10.1. The van der Waals surface area contributed by atoms with Gasteiger partial charge in [-0.1, -0.05) is 32.9 Å². The summed E-state index contributed by atoms with van der Waals surface area (Å²) < 4.78 is 0.617. The fraction of sp³-hybridized carbons (Fsp3) is 0.364. The Balaban J connectivity index is 3.01. The van der Waals surface area contributed by atoms with Crippen molar-refractivity contribution in [1.29, 1.82) is 0 Å². The molecule has 70 valence electrons. The van der Waals surface area contributed by atoms with Crippen molar-refractivity contribution in [2.45, 2.75) is 26.2 Å². The van der Waals surface area contributed by atoms with E-state index >= 15 is 0 Å². The zero-order valence-electron chi connectivity index (χ0n) is 8.37. The smallest absolute Gasteiger partial charge is 0.215 e. The average molecular weight is 177 g/mol. The summed E-state index contributed by atoms with van der Waals surface area (Å²) in [6.07, 6.45) is 0. The molecular formula is C11H15NO. The van der Waals surface area contributed by atoms with Gasteiger partial charge in [0.2, 0.25) is 5.69 Å². The quantitative estimate of drug-likeness (QED) is 0.280. The van der Waals surface area contributed by atoms with Crippen LogP contribution in [0, 0.1) is 5.21 Å². The molecule has 13 heavy (non-hydrogen) atoms. The summed E-state index contributed by atoms with van der Waals surface area (Å²) in [7, 11) is 0. The van der Waals surface area contributed by atoms with E-state index in [-0.39, 0.29) is 5.41 Å². The molecule has 0 saturated carbocycles. The summed E-state index contributed by atoms with van der Waals surface area (Å²) in [4.78, 5) is 0. The van der Waals surface area contributed by atoms with E-state index in [0.717, 1.165) is 0 Å². The monoisotopic (exact) mass is 177 g/mol. The Hall–Kier alpha value is -1.31. The Bertz CT molecular complexity index is 306. The van der Waals surface area contributed by atoms with E-state index in [2.05, 4.69) is 27.5 Å². The van der Waals surface area contributed by atoms with E-state index in [0.29, 0.717) is 10.4 Å². The molecule has 0 heterocycles. The normalized spacial score (nSPS) is 11.3. The molecule has 0 aliphatic rings. The standard InChI is InChI=1S/C11H15NO/c1-11(2,3)9-5-7-10(8-6-9)12(4)13/h5-8H,4H2,1-3H3. The van der Waals surface area contributed by atoms with Crippen LogP contribution in [0.5, 0.6) is 0 Å². The number of hydrogen-bond donors (Lipinski definition) is 0. The maximum absolute atomic E-state index is 10.8. The summed E-state index contributed by atoms with van der Waals surface area (Å²) in [6, 6.07) is 7.51. The van der Waals surface area contributed by atoms with Crippen LogP contribution >= 0.6 is 0 Å². The molecule has 0 saturated heterocycles. The Morgan fingerprint density at radius 3 is 1.92 bits per heavy atom. The van der Waals surface area contributed by atoms with Gasteiger partial charge in [-0.05, 0) is 11.0 Å². The van der Waals surface area contributed by atoms with Crippen LogP contribution < -0.4 is 0 Å². The maximum atomic E-state index is 10.8. The molecule has 0 bridgehead atoms. The highest BCUT2D eigenvalue weighted by atomic mass is 16.5. The third-order valence-corrected chi connectivity index (χ3v) is 2.02. The van der Waals surface area contributed by atoms with Crippen molar-refractivity contribution < 1.29 is 4.74 Å². The van der Waals surface area contributed by atoms with Gasteiger partial charge in [0.1, 0.15) is 6.72 Å². The van der Waals surface area contributed by atoms with E-state index in [1.54, 1.807) is 12.1 Å². The molecule has 1 rings (SSSR count). The lowest BCUT2D eigenvalue weighted by molar-refractivity contribution is -0.349. The lowest BCUT2D eigenvalue weighted by Gasteiger charge is -2.18. The number of rotatable bonds is 1. The zero-order valence-corrected chi connectivity index (χ0v) is 8.37. The summed E-state index contributed by atoms with van der Waals surface area (Å²) >= 11 is 0. The predicted octanol–water partition coefficient (Wildman–Crippen LogP) is 2.83. The molecule has 0 N–H and O–H groups in total. The molecule has 0 aromatic heterocycles. The minimum atomic E-state index is 0.132. The molecule has 1 aromatic carbocycles. The molecule has 0 radical (unpaired) electrons. The summed E-state index contributed by atoms with van der Waals surface area (Å²) in [6.45, 7) is 9.70. The largest absolute Gasteiger partial charge is 0.619 e. The summed E-state index contributed by atoms with van der Waals surface area (Å²) in [5.41, 5.74) is 1.94. The molecule has 0 atom stereocenters. The van der Waals surface area contributed by atoms with Crippen molar-refractivity contribution in [2.75, 3.05) is 0 Å². The van der Waals surface area contributed by atoms with Crippen molar-refractivity contribution in [2.24, 2.45) is 0 Å². The van der Waals surface area contributed by atoms with Crippen molar-refractivity contribution in [3.05, 3.63) is 35.0 Å². The number of nitrogens with zero attached hydrogens (tertiary/aromatic N) is 1. The maximum Gasteiger partial charge on any atom is 0.215 e. The average Bonchev–Trinajstić information content (AvgIpc) is 2.03. The Morgan fingerprint density at radius 2 is 1.62 bits per heavy atom. The van der Waals surface area contributed by atoms with Crippen molar-refractivity contribution in [3.63, 3.8) is 0 Å². The molecule has 0 unspecified atom stereocenters. The molecular weight excluding hydrogens is 162 g/mol. The van der Waals surface area contributed by atoms with Gasteiger partial charge in [0.15, 0.2) is 0 Å². The SMILES string of the molecule is C=[N+]([O-])c1ccc(C(C)(C)C)cc1. The van der Waals surface area contributed by atoms with E-state index in [9.17, 15) is 5.21 Å². The highest BCUT2D eigenvalue weighted by molar-refractivity contribution is 5.38. The van der Waals surface area contributed by atoms with E-state index in [4.69, 9.17) is 0 Å². The minimum Gasteiger partial charge on any atom is -0.619 e. The molecule has 2 heteroatoms. The van der Waals surface area contributed by atoms with Crippen molar-refractivity contribution in [3.8, 4) is 0 Å². The summed E-state index contributed by atoms with van der Waals surface area (Å²) in [5, 5.41) is 10.8. The number of hydrogen-bond acceptors (Lipinski definition) is 1. The van der Waals surface area contributed by atoms with Gasteiger partial charge in [-0.2, -0.15) is 4.74 Å². The molecule has 0 fully saturated rings. The lowest BCUT2D eigenvalue weighted by Crippen LogP contribution is -2.10. The third-order valence-electron chi connectivity index (χ3n) is 2.02. The Labute approximate surface area is 79.1 Å². The lowest BCUT2D eigenvalue weighted by atomic mass is 9.87. The highest BCUT2D eigenvalue weighted by Crippen LogP contribution is 2.23. The van der Waals surface area contributed by atoms with Crippen LogP contribution in [0.3, 0.4) is 0 Å². The van der Waals surface area contributed by atoms with Crippen molar-refractivity contribution in [1.82, 2.24) is 0 Å². The van der Waals surface area contributed by atoms with Crippen molar-refractivity contribution >= 4 is 12.4 Å². The molecule has 1 aromatic rings. The third kappa shape index (κ3) is 2.31. The minimum absolute atomic E-state index is 0.132. The van der Waals surface area contributed by atoms with Gasteiger partial charge >= 0.3 is 0 Å². The predicted molar refractivity (Wildman–Crippen MR) is 55.6 cm³/mol. The second-order valence-electron chi connectivity index (χ2n) is 4.18. The Morgan fingerprint density at radius 1 is 1.15 bits per heavy atom.